The lowest BCUT2D eigenvalue weighted by atomic mass is 10.2. The Kier molecular flexibility index (Phi) is 3.52. The van der Waals surface area contributed by atoms with Crippen molar-refractivity contribution in [3.63, 3.8) is 0 Å². The molecule has 13 heavy (non-hydrogen) atoms. The molecule has 72 valence electrons. The maximum atomic E-state index is 11.3. The van der Waals surface area contributed by atoms with Crippen molar-refractivity contribution >= 4 is 5.91 Å². The van der Waals surface area contributed by atoms with Gasteiger partial charge in [-0.15, -0.1) is 0 Å². The second-order valence-electron chi connectivity index (χ2n) is 3.08. The van der Waals surface area contributed by atoms with Crippen molar-refractivity contribution in [3.05, 3.63) is 24.0 Å². The number of H-pyrrole nitrogens is 1. The molecule has 1 aromatic rings. The number of carbonyl (C=O) groups is 1. The fraction of sp³-hybridized carbons (Fsp3) is 0.444. The van der Waals surface area contributed by atoms with E-state index >= 15 is 0 Å². The first-order chi connectivity index (χ1) is 6.24. The fourth-order valence-electron chi connectivity index (χ4n) is 0.898. The van der Waals surface area contributed by atoms with Crippen molar-refractivity contribution in [1.29, 1.82) is 0 Å². The van der Waals surface area contributed by atoms with Crippen LogP contribution in [-0.4, -0.2) is 29.1 Å². The zero-order valence-corrected chi connectivity index (χ0v) is 7.58. The lowest BCUT2D eigenvalue weighted by molar-refractivity contribution is 0.0938. The third-order valence-corrected chi connectivity index (χ3v) is 1.77. The summed E-state index contributed by atoms with van der Waals surface area (Å²) in [6.45, 7) is 2.45. The standard InChI is InChI=1S/C9H14N2O2/c1-7(6-12)5-11-9(13)8-3-2-4-10-8/h2-4,7,10,12H,5-6H2,1H3,(H,11,13). The van der Waals surface area contributed by atoms with Crippen molar-refractivity contribution in [1.82, 2.24) is 10.3 Å². The van der Waals surface area contributed by atoms with E-state index in [9.17, 15) is 4.79 Å². The smallest absolute Gasteiger partial charge is 0.267 e. The number of nitrogens with one attached hydrogen (secondary N) is 2. The van der Waals surface area contributed by atoms with Gasteiger partial charge in [-0.05, 0) is 18.1 Å². The van der Waals surface area contributed by atoms with Crippen molar-refractivity contribution in [2.24, 2.45) is 5.92 Å². The number of amides is 1. The van der Waals surface area contributed by atoms with Gasteiger partial charge < -0.3 is 15.4 Å². The summed E-state index contributed by atoms with van der Waals surface area (Å²) >= 11 is 0. The average Bonchev–Trinajstić information content (AvgIpc) is 2.66. The highest BCUT2D eigenvalue weighted by atomic mass is 16.3. The summed E-state index contributed by atoms with van der Waals surface area (Å²) in [5, 5.41) is 11.4. The van der Waals surface area contributed by atoms with Crippen LogP contribution in [0.4, 0.5) is 0 Å². The molecule has 0 aliphatic carbocycles. The highest BCUT2D eigenvalue weighted by Crippen LogP contribution is 1.95. The number of aliphatic hydroxyl groups excluding tert-OH is 1. The van der Waals surface area contributed by atoms with Gasteiger partial charge in [0, 0.05) is 19.3 Å². The van der Waals surface area contributed by atoms with Gasteiger partial charge in [0.2, 0.25) is 0 Å². The molecule has 0 fully saturated rings. The van der Waals surface area contributed by atoms with E-state index < -0.39 is 0 Å². The Hall–Kier alpha value is -1.29. The molecular weight excluding hydrogens is 168 g/mol. The Morgan fingerprint density at radius 1 is 1.77 bits per heavy atom. The van der Waals surface area contributed by atoms with Crippen molar-refractivity contribution < 1.29 is 9.90 Å². The maximum Gasteiger partial charge on any atom is 0.267 e. The Morgan fingerprint density at radius 2 is 2.54 bits per heavy atom. The van der Waals surface area contributed by atoms with Crippen LogP contribution in [0.25, 0.3) is 0 Å². The van der Waals surface area contributed by atoms with Gasteiger partial charge in [-0.25, -0.2) is 0 Å². The normalized spacial score (nSPS) is 12.5. The molecule has 1 atom stereocenters. The molecule has 4 heteroatoms. The highest BCUT2D eigenvalue weighted by molar-refractivity contribution is 5.92. The second-order valence-corrected chi connectivity index (χ2v) is 3.08. The van der Waals surface area contributed by atoms with Crippen LogP contribution in [0.15, 0.2) is 18.3 Å². The minimum atomic E-state index is -0.134. The first-order valence-corrected chi connectivity index (χ1v) is 4.26. The number of hydrogen-bond donors (Lipinski definition) is 3. The van der Waals surface area contributed by atoms with Crippen LogP contribution in [0.2, 0.25) is 0 Å². The highest BCUT2D eigenvalue weighted by Gasteiger charge is 2.06. The Morgan fingerprint density at radius 3 is 3.08 bits per heavy atom. The molecule has 0 aromatic carbocycles. The van der Waals surface area contributed by atoms with Crippen LogP contribution >= 0.6 is 0 Å². The summed E-state index contributed by atoms with van der Waals surface area (Å²) in [5.41, 5.74) is 0.546. The summed E-state index contributed by atoms with van der Waals surface area (Å²) in [6.07, 6.45) is 1.70. The summed E-state index contributed by atoms with van der Waals surface area (Å²) in [6, 6.07) is 3.48. The minimum absolute atomic E-state index is 0.0883. The molecule has 0 saturated carbocycles. The number of aliphatic hydroxyl groups is 1. The Bertz CT molecular complexity index is 257. The zero-order chi connectivity index (χ0) is 9.68. The fourth-order valence-corrected chi connectivity index (χ4v) is 0.898. The lowest BCUT2D eigenvalue weighted by Gasteiger charge is -2.08. The molecule has 1 heterocycles. The monoisotopic (exact) mass is 182 g/mol. The Labute approximate surface area is 77.0 Å². The van der Waals surface area contributed by atoms with Crippen LogP contribution in [0.3, 0.4) is 0 Å². The van der Waals surface area contributed by atoms with Crippen LogP contribution in [0, 0.1) is 5.92 Å². The largest absolute Gasteiger partial charge is 0.396 e. The van der Waals surface area contributed by atoms with Gasteiger partial charge in [-0.2, -0.15) is 0 Å². The Balaban J connectivity index is 2.35. The van der Waals surface area contributed by atoms with E-state index in [1.807, 2.05) is 6.92 Å². The van der Waals surface area contributed by atoms with Crippen LogP contribution in [0.5, 0.6) is 0 Å². The third-order valence-electron chi connectivity index (χ3n) is 1.77. The average molecular weight is 182 g/mol. The van der Waals surface area contributed by atoms with Crippen molar-refractivity contribution in [3.8, 4) is 0 Å². The number of aromatic amines is 1. The third kappa shape index (κ3) is 2.91. The van der Waals surface area contributed by atoms with E-state index in [0.717, 1.165) is 0 Å². The molecule has 0 aliphatic rings. The molecule has 3 N–H and O–H groups in total. The van der Waals surface area contributed by atoms with Crippen molar-refractivity contribution in [2.45, 2.75) is 6.92 Å². The number of carbonyl (C=O) groups excluding carboxylic acids is 1. The molecule has 0 bridgehead atoms. The summed E-state index contributed by atoms with van der Waals surface area (Å²) in [4.78, 5) is 14.1. The predicted octanol–water partition coefficient (Wildman–Crippen LogP) is 0.373. The van der Waals surface area contributed by atoms with Gasteiger partial charge in [0.1, 0.15) is 5.69 Å². The van der Waals surface area contributed by atoms with Crippen LogP contribution in [-0.2, 0) is 0 Å². The van der Waals surface area contributed by atoms with E-state index in [2.05, 4.69) is 10.3 Å². The topological polar surface area (TPSA) is 65.1 Å². The van der Waals surface area contributed by atoms with E-state index in [0.29, 0.717) is 12.2 Å². The van der Waals surface area contributed by atoms with Gasteiger partial charge in [-0.3, -0.25) is 4.79 Å². The first-order valence-electron chi connectivity index (χ1n) is 4.26. The molecule has 4 nitrogen and oxygen atoms in total. The molecule has 0 aliphatic heterocycles. The van der Waals surface area contributed by atoms with Gasteiger partial charge in [0.05, 0.1) is 0 Å². The van der Waals surface area contributed by atoms with Gasteiger partial charge in [0.25, 0.3) is 5.91 Å². The predicted molar refractivity (Wildman–Crippen MR) is 49.4 cm³/mol. The molecule has 1 rings (SSSR count). The van der Waals surface area contributed by atoms with E-state index in [1.54, 1.807) is 18.3 Å². The molecule has 1 unspecified atom stereocenters. The molecule has 0 radical (unpaired) electrons. The SMILES string of the molecule is CC(CO)CNC(=O)c1ccc[nH]1. The molecule has 0 spiro atoms. The molecule has 1 amide bonds. The summed E-state index contributed by atoms with van der Waals surface area (Å²) in [7, 11) is 0. The number of rotatable bonds is 4. The van der Waals surface area contributed by atoms with E-state index in [1.165, 1.54) is 0 Å². The maximum absolute atomic E-state index is 11.3. The quantitative estimate of drug-likeness (QED) is 0.630. The van der Waals surface area contributed by atoms with E-state index in [-0.39, 0.29) is 18.4 Å². The summed E-state index contributed by atoms with van der Waals surface area (Å²) in [5.74, 6) is -0.0378. The second kappa shape index (κ2) is 4.67. The molecule has 1 aromatic heterocycles. The van der Waals surface area contributed by atoms with Gasteiger partial charge in [0.15, 0.2) is 0 Å². The first kappa shape index (κ1) is 9.80. The lowest BCUT2D eigenvalue weighted by Crippen LogP contribution is -2.29. The zero-order valence-electron chi connectivity index (χ0n) is 7.58. The van der Waals surface area contributed by atoms with Gasteiger partial charge in [-0.1, -0.05) is 6.92 Å². The number of hydrogen-bond acceptors (Lipinski definition) is 2. The van der Waals surface area contributed by atoms with Crippen molar-refractivity contribution in [2.75, 3.05) is 13.2 Å². The summed E-state index contributed by atoms with van der Waals surface area (Å²) < 4.78 is 0. The van der Waals surface area contributed by atoms with E-state index in [4.69, 9.17) is 5.11 Å². The molecule has 0 saturated heterocycles. The number of aromatic nitrogens is 1. The minimum Gasteiger partial charge on any atom is -0.396 e. The molecular formula is C9H14N2O2. The van der Waals surface area contributed by atoms with Crippen LogP contribution in [0.1, 0.15) is 17.4 Å². The van der Waals surface area contributed by atoms with Gasteiger partial charge >= 0.3 is 0 Å². The van der Waals surface area contributed by atoms with Crippen LogP contribution < -0.4 is 5.32 Å².